The lowest BCUT2D eigenvalue weighted by molar-refractivity contribution is -0.116. The number of amides is 1. The summed E-state index contributed by atoms with van der Waals surface area (Å²) in [6.45, 7) is 6.41. The summed E-state index contributed by atoms with van der Waals surface area (Å²) in [5.41, 5.74) is 9.57. The van der Waals surface area contributed by atoms with E-state index in [2.05, 4.69) is 32.2 Å². The van der Waals surface area contributed by atoms with E-state index in [0.29, 0.717) is 6.42 Å². The predicted molar refractivity (Wildman–Crippen MR) is 69.8 cm³/mol. The van der Waals surface area contributed by atoms with Gasteiger partial charge in [-0.15, -0.1) is 0 Å². The minimum Gasteiger partial charge on any atom is -0.326 e. The summed E-state index contributed by atoms with van der Waals surface area (Å²) in [6.07, 6.45) is 1.38. The molecular weight excluding hydrogens is 212 g/mol. The molecule has 2 rings (SSSR count). The Bertz CT molecular complexity index is 446. The average molecular weight is 232 g/mol. The second-order valence-electron chi connectivity index (χ2n) is 5.81. The van der Waals surface area contributed by atoms with Crippen LogP contribution in [0.4, 0.5) is 5.69 Å². The SMILES string of the molecule is CC(C)(C)C(N)c1ccc2c(c1)CCC(=O)N2. The van der Waals surface area contributed by atoms with Gasteiger partial charge in [0.1, 0.15) is 0 Å². The van der Waals surface area contributed by atoms with Crippen molar-refractivity contribution >= 4 is 11.6 Å². The Morgan fingerprint density at radius 2 is 2.00 bits per heavy atom. The van der Waals surface area contributed by atoms with Gasteiger partial charge < -0.3 is 11.1 Å². The highest BCUT2D eigenvalue weighted by molar-refractivity contribution is 5.93. The third-order valence-electron chi connectivity index (χ3n) is 3.32. The number of hydrogen-bond donors (Lipinski definition) is 2. The third kappa shape index (κ3) is 2.50. The molecule has 1 aromatic rings. The summed E-state index contributed by atoms with van der Waals surface area (Å²) in [5.74, 6) is 0.102. The van der Waals surface area contributed by atoms with Gasteiger partial charge in [0, 0.05) is 18.2 Å². The predicted octanol–water partition coefficient (Wildman–Crippen LogP) is 2.62. The zero-order chi connectivity index (χ0) is 12.6. The molecular formula is C14H20N2O. The van der Waals surface area contributed by atoms with Crippen molar-refractivity contribution in [1.82, 2.24) is 0 Å². The fourth-order valence-electron chi connectivity index (χ4n) is 2.10. The van der Waals surface area contributed by atoms with Crippen LogP contribution < -0.4 is 11.1 Å². The molecule has 0 spiro atoms. The summed E-state index contributed by atoms with van der Waals surface area (Å²) in [7, 11) is 0. The molecule has 0 saturated heterocycles. The third-order valence-corrected chi connectivity index (χ3v) is 3.32. The smallest absolute Gasteiger partial charge is 0.224 e. The van der Waals surface area contributed by atoms with Gasteiger partial charge in [-0.2, -0.15) is 0 Å². The number of carbonyl (C=O) groups excluding carboxylic acids is 1. The molecule has 3 nitrogen and oxygen atoms in total. The van der Waals surface area contributed by atoms with Gasteiger partial charge in [0.05, 0.1) is 0 Å². The molecule has 1 heterocycles. The highest BCUT2D eigenvalue weighted by Crippen LogP contribution is 2.33. The first kappa shape index (κ1) is 12.1. The molecule has 1 atom stereocenters. The zero-order valence-electron chi connectivity index (χ0n) is 10.7. The Kier molecular flexibility index (Phi) is 2.96. The van der Waals surface area contributed by atoms with Crippen molar-refractivity contribution in [3.8, 4) is 0 Å². The number of rotatable bonds is 1. The van der Waals surface area contributed by atoms with Crippen molar-refractivity contribution < 1.29 is 4.79 Å². The maximum Gasteiger partial charge on any atom is 0.224 e. The first-order valence-corrected chi connectivity index (χ1v) is 6.06. The number of hydrogen-bond acceptors (Lipinski definition) is 2. The highest BCUT2D eigenvalue weighted by atomic mass is 16.1. The van der Waals surface area contributed by atoms with Gasteiger partial charge >= 0.3 is 0 Å². The normalized spacial score (nSPS) is 17.3. The molecule has 3 heteroatoms. The van der Waals surface area contributed by atoms with Gasteiger partial charge in [-0.1, -0.05) is 32.9 Å². The standard InChI is InChI=1S/C14H20N2O/c1-14(2,3)13(15)10-4-6-11-9(8-10)5-7-12(17)16-11/h4,6,8,13H,5,7,15H2,1-3H3,(H,16,17). The maximum absolute atomic E-state index is 11.3. The van der Waals surface area contributed by atoms with E-state index in [1.807, 2.05) is 12.1 Å². The lowest BCUT2D eigenvalue weighted by Crippen LogP contribution is -2.27. The Morgan fingerprint density at radius 3 is 2.65 bits per heavy atom. The molecule has 0 aromatic heterocycles. The quantitative estimate of drug-likeness (QED) is 0.782. The van der Waals surface area contributed by atoms with Crippen LogP contribution in [0.1, 0.15) is 44.4 Å². The number of nitrogens with one attached hydrogen (secondary N) is 1. The molecule has 0 radical (unpaired) electrons. The summed E-state index contributed by atoms with van der Waals surface area (Å²) >= 11 is 0. The number of benzene rings is 1. The molecule has 1 aliphatic heterocycles. The zero-order valence-corrected chi connectivity index (χ0v) is 10.7. The summed E-state index contributed by atoms with van der Waals surface area (Å²) < 4.78 is 0. The molecule has 0 fully saturated rings. The Hall–Kier alpha value is -1.35. The van der Waals surface area contributed by atoms with Crippen LogP contribution >= 0.6 is 0 Å². The molecule has 92 valence electrons. The largest absolute Gasteiger partial charge is 0.326 e. The topological polar surface area (TPSA) is 55.1 Å². The molecule has 0 saturated carbocycles. The second kappa shape index (κ2) is 4.15. The molecule has 1 aliphatic rings. The van der Waals surface area contributed by atoms with Crippen LogP contribution in [0.25, 0.3) is 0 Å². The van der Waals surface area contributed by atoms with Crippen LogP contribution in [0.3, 0.4) is 0 Å². The minimum atomic E-state index is 0.0189. The van der Waals surface area contributed by atoms with Crippen LogP contribution in [0.2, 0.25) is 0 Å². The molecule has 17 heavy (non-hydrogen) atoms. The van der Waals surface area contributed by atoms with E-state index in [1.165, 1.54) is 5.56 Å². The first-order valence-electron chi connectivity index (χ1n) is 6.06. The van der Waals surface area contributed by atoms with E-state index < -0.39 is 0 Å². The van der Waals surface area contributed by atoms with E-state index in [0.717, 1.165) is 17.7 Å². The van der Waals surface area contributed by atoms with Gasteiger partial charge in [-0.3, -0.25) is 4.79 Å². The van der Waals surface area contributed by atoms with Crippen molar-refractivity contribution in [2.45, 2.75) is 39.7 Å². The number of anilines is 1. The van der Waals surface area contributed by atoms with Gasteiger partial charge in [-0.05, 0) is 29.0 Å². The van der Waals surface area contributed by atoms with Gasteiger partial charge in [0.2, 0.25) is 5.91 Å². The fraction of sp³-hybridized carbons (Fsp3) is 0.500. The number of nitrogens with two attached hydrogens (primary N) is 1. The Labute approximate surface area is 102 Å². The lowest BCUT2D eigenvalue weighted by atomic mass is 9.82. The monoisotopic (exact) mass is 232 g/mol. The first-order chi connectivity index (χ1) is 7.88. The Morgan fingerprint density at radius 1 is 1.29 bits per heavy atom. The summed E-state index contributed by atoms with van der Waals surface area (Å²) in [4.78, 5) is 11.3. The van der Waals surface area contributed by atoms with Crippen molar-refractivity contribution in [3.05, 3.63) is 29.3 Å². The molecule has 1 aromatic carbocycles. The second-order valence-corrected chi connectivity index (χ2v) is 5.81. The number of fused-ring (bicyclic) bond motifs is 1. The summed E-state index contributed by atoms with van der Waals surface area (Å²) in [5, 5.41) is 2.89. The molecule has 0 aliphatic carbocycles. The van der Waals surface area contributed by atoms with Gasteiger partial charge in [-0.25, -0.2) is 0 Å². The van der Waals surface area contributed by atoms with Crippen molar-refractivity contribution in [1.29, 1.82) is 0 Å². The van der Waals surface area contributed by atoms with Gasteiger partial charge in [0.25, 0.3) is 0 Å². The lowest BCUT2D eigenvalue weighted by Gasteiger charge is -2.28. The molecule has 1 unspecified atom stereocenters. The highest BCUT2D eigenvalue weighted by Gasteiger charge is 2.24. The Balaban J connectivity index is 2.31. The van der Waals surface area contributed by atoms with Crippen LogP contribution in [-0.4, -0.2) is 5.91 Å². The van der Waals surface area contributed by atoms with Crippen LogP contribution in [-0.2, 0) is 11.2 Å². The fourth-order valence-corrected chi connectivity index (χ4v) is 2.10. The molecule has 0 bridgehead atoms. The minimum absolute atomic E-state index is 0.0189. The van der Waals surface area contributed by atoms with Crippen LogP contribution in [0.5, 0.6) is 0 Å². The average Bonchev–Trinajstić information content (AvgIpc) is 2.26. The molecule has 1 amide bonds. The number of carbonyl (C=O) groups is 1. The van der Waals surface area contributed by atoms with Crippen molar-refractivity contribution in [2.24, 2.45) is 11.1 Å². The van der Waals surface area contributed by atoms with E-state index in [4.69, 9.17) is 5.73 Å². The van der Waals surface area contributed by atoms with Crippen LogP contribution in [0, 0.1) is 5.41 Å². The van der Waals surface area contributed by atoms with Crippen molar-refractivity contribution in [3.63, 3.8) is 0 Å². The van der Waals surface area contributed by atoms with E-state index in [1.54, 1.807) is 0 Å². The van der Waals surface area contributed by atoms with E-state index >= 15 is 0 Å². The van der Waals surface area contributed by atoms with Crippen LogP contribution in [0.15, 0.2) is 18.2 Å². The summed E-state index contributed by atoms with van der Waals surface area (Å²) in [6, 6.07) is 6.13. The van der Waals surface area contributed by atoms with E-state index in [-0.39, 0.29) is 17.4 Å². The van der Waals surface area contributed by atoms with Crippen molar-refractivity contribution in [2.75, 3.05) is 5.32 Å². The van der Waals surface area contributed by atoms with E-state index in [9.17, 15) is 4.79 Å². The van der Waals surface area contributed by atoms with Gasteiger partial charge in [0.15, 0.2) is 0 Å². The number of aryl methyl sites for hydroxylation is 1. The molecule has 3 N–H and O–H groups in total. The maximum atomic E-state index is 11.3.